The predicted molar refractivity (Wildman–Crippen MR) is 107 cm³/mol. The molecule has 2 aromatic carbocycles. The Morgan fingerprint density at radius 1 is 1.13 bits per heavy atom. The topological polar surface area (TPSA) is 87.2 Å². The van der Waals surface area contributed by atoms with Crippen LogP contribution in [-0.2, 0) is 11.3 Å². The van der Waals surface area contributed by atoms with Gasteiger partial charge in [0.15, 0.2) is 5.82 Å². The molecule has 0 saturated carbocycles. The lowest BCUT2D eigenvalue weighted by Gasteiger charge is -2.15. The molecule has 2 aromatic heterocycles. The van der Waals surface area contributed by atoms with Crippen LogP contribution in [0.25, 0.3) is 11.0 Å². The first-order valence-electron chi connectivity index (χ1n) is 9.10. The number of aromatic amines is 1. The summed E-state index contributed by atoms with van der Waals surface area (Å²) in [4.78, 5) is 19.0. The smallest absolute Gasteiger partial charge is 0.412 e. The fraction of sp³-hybridized carbons (Fsp3) is 0.0909. The molecule has 4 rings (SSSR count). The third-order valence-electron chi connectivity index (χ3n) is 4.63. The first-order chi connectivity index (χ1) is 14.5. The minimum absolute atomic E-state index is 0.00664. The number of amides is 1. The van der Waals surface area contributed by atoms with Crippen LogP contribution in [0.1, 0.15) is 22.8 Å². The van der Waals surface area contributed by atoms with Gasteiger partial charge in [-0.1, -0.05) is 30.3 Å². The van der Waals surface area contributed by atoms with Crippen molar-refractivity contribution in [3.8, 4) is 0 Å². The summed E-state index contributed by atoms with van der Waals surface area (Å²) in [7, 11) is 0. The molecule has 1 unspecified atom stereocenters. The summed E-state index contributed by atoms with van der Waals surface area (Å²) in [5.41, 5.74) is 0.615. The molecule has 4 aromatic rings. The van der Waals surface area contributed by atoms with Crippen molar-refractivity contribution in [1.82, 2.24) is 9.97 Å². The van der Waals surface area contributed by atoms with Gasteiger partial charge in [-0.15, -0.1) is 0 Å². The predicted octanol–water partition coefficient (Wildman–Crippen LogP) is 4.67. The second-order valence-corrected chi connectivity index (χ2v) is 6.56. The largest absolute Gasteiger partial charge is 0.444 e. The third-order valence-corrected chi connectivity index (χ3v) is 4.63. The van der Waals surface area contributed by atoms with Crippen LogP contribution in [0, 0.1) is 11.6 Å². The van der Waals surface area contributed by atoms with E-state index in [0.717, 1.165) is 17.7 Å². The molecule has 152 valence electrons. The summed E-state index contributed by atoms with van der Waals surface area (Å²) >= 11 is 0. The molecule has 0 radical (unpaired) electrons. The van der Waals surface area contributed by atoms with Gasteiger partial charge < -0.3 is 14.8 Å². The van der Waals surface area contributed by atoms with Crippen LogP contribution in [0.3, 0.4) is 0 Å². The van der Waals surface area contributed by atoms with Crippen LogP contribution < -0.4 is 5.32 Å². The molecule has 30 heavy (non-hydrogen) atoms. The van der Waals surface area contributed by atoms with Crippen molar-refractivity contribution in [3.63, 3.8) is 0 Å². The SMILES string of the molecule is O=C(Nc1ccc(F)c(C(O)c2c[nH]c3ncccc23)c1F)OCc1ccccc1. The number of H-pyrrole nitrogens is 1. The van der Waals surface area contributed by atoms with E-state index in [-0.39, 0.29) is 17.9 Å². The average molecular weight is 409 g/mol. The van der Waals surface area contributed by atoms with Gasteiger partial charge in [0.2, 0.25) is 0 Å². The van der Waals surface area contributed by atoms with Gasteiger partial charge in [-0.3, -0.25) is 5.32 Å². The van der Waals surface area contributed by atoms with E-state index >= 15 is 4.39 Å². The molecule has 0 saturated heterocycles. The van der Waals surface area contributed by atoms with Crippen molar-refractivity contribution in [2.75, 3.05) is 5.32 Å². The number of hydrogen-bond acceptors (Lipinski definition) is 4. The van der Waals surface area contributed by atoms with E-state index in [9.17, 15) is 14.3 Å². The molecule has 3 N–H and O–H groups in total. The van der Waals surface area contributed by atoms with Gasteiger partial charge in [0.25, 0.3) is 0 Å². The Morgan fingerprint density at radius 2 is 1.93 bits per heavy atom. The second-order valence-electron chi connectivity index (χ2n) is 6.56. The fourth-order valence-corrected chi connectivity index (χ4v) is 3.14. The van der Waals surface area contributed by atoms with Crippen molar-refractivity contribution < 1.29 is 23.4 Å². The number of carbonyl (C=O) groups is 1. The van der Waals surface area contributed by atoms with Crippen LogP contribution in [0.15, 0.2) is 67.0 Å². The molecule has 1 atom stereocenters. The van der Waals surface area contributed by atoms with Crippen LogP contribution >= 0.6 is 0 Å². The molecule has 6 nitrogen and oxygen atoms in total. The number of aliphatic hydroxyl groups is 1. The number of fused-ring (bicyclic) bond motifs is 1. The number of anilines is 1. The Kier molecular flexibility index (Phi) is 5.40. The summed E-state index contributed by atoms with van der Waals surface area (Å²) in [6.07, 6.45) is 0.489. The van der Waals surface area contributed by atoms with Crippen molar-refractivity contribution in [3.05, 3.63) is 95.3 Å². The number of aromatic nitrogens is 2. The number of hydrogen-bond donors (Lipinski definition) is 3. The van der Waals surface area contributed by atoms with E-state index in [1.165, 1.54) is 6.20 Å². The molecular weight excluding hydrogens is 392 g/mol. The van der Waals surface area contributed by atoms with Crippen LogP contribution in [0.4, 0.5) is 19.3 Å². The Bertz CT molecular complexity index is 1190. The number of nitrogens with zero attached hydrogens (tertiary/aromatic N) is 1. The Hall–Kier alpha value is -3.78. The minimum Gasteiger partial charge on any atom is -0.444 e. The van der Waals surface area contributed by atoms with E-state index in [4.69, 9.17) is 4.74 Å². The van der Waals surface area contributed by atoms with Gasteiger partial charge in [-0.05, 0) is 29.8 Å². The van der Waals surface area contributed by atoms with E-state index in [1.54, 1.807) is 42.6 Å². The van der Waals surface area contributed by atoms with E-state index in [0.29, 0.717) is 11.0 Å². The number of carbonyl (C=O) groups excluding carboxylic acids is 1. The maximum Gasteiger partial charge on any atom is 0.412 e. The number of aliphatic hydroxyl groups excluding tert-OH is 1. The van der Waals surface area contributed by atoms with Gasteiger partial charge in [0.1, 0.15) is 24.2 Å². The third kappa shape index (κ3) is 3.85. The zero-order chi connectivity index (χ0) is 21.1. The van der Waals surface area contributed by atoms with E-state index < -0.39 is 29.4 Å². The average Bonchev–Trinajstić information content (AvgIpc) is 3.19. The standard InChI is InChI=1S/C22H17F2N3O3/c23-16-8-9-17(27-22(29)30-12-13-5-2-1-3-6-13)19(24)18(16)20(28)15-11-26-21-14(15)7-4-10-25-21/h1-11,20,28H,12H2,(H,25,26)(H,27,29). The highest BCUT2D eigenvalue weighted by atomic mass is 19.1. The highest BCUT2D eigenvalue weighted by Crippen LogP contribution is 2.33. The number of halogens is 2. The molecule has 0 spiro atoms. The van der Waals surface area contributed by atoms with Crippen molar-refractivity contribution in [1.29, 1.82) is 0 Å². The summed E-state index contributed by atoms with van der Waals surface area (Å²) < 4.78 is 34.5. The molecule has 0 aliphatic heterocycles. The maximum absolute atomic E-state index is 15.0. The maximum atomic E-state index is 15.0. The second kappa shape index (κ2) is 8.30. The zero-order valence-electron chi connectivity index (χ0n) is 15.6. The summed E-state index contributed by atoms with van der Waals surface area (Å²) in [5.74, 6) is -2.03. The van der Waals surface area contributed by atoms with Gasteiger partial charge in [-0.2, -0.15) is 0 Å². The normalized spacial score (nSPS) is 12.0. The fourth-order valence-electron chi connectivity index (χ4n) is 3.14. The molecule has 0 fully saturated rings. The van der Waals surface area contributed by atoms with E-state index in [1.807, 2.05) is 6.07 Å². The van der Waals surface area contributed by atoms with Gasteiger partial charge in [-0.25, -0.2) is 18.6 Å². The highest BCUT2D eigenvalue weighted by Gasteiger charge is 2.25. The molecule has 0 bridgehead atoms. The number of rotatable bonds is 5. The first kappa shape index (κ1) is 19.5. The van der Waals surface area contributed by atoms with E-state index in [2.05, 4.69) is 15.3 Å². The summed E-state index contributed by atoms with van der Waals surface area (Å²) in [6.45, 7) is -0.00664. The lowest BCUT2D eigenvalue weighted by molar-refractivity contribution is 0.155. The Labute approximate surface area is 170 Å². The quantitative estimate of drug-likeness (QED) is 0.447. The molecule has 1 amide bonds. The van der Waals surface area contributed by atoms with Gasteiger partial charge >= 0.3 is 6.09 Å². The molecule has 0 aliphatic rings. The highest BCUT2D eigenvalue weighted by molar-refractivity contribution is 5.85. The van der Waals surface area contributed by atoms with Crippen molar-refractivity contribution in [2.24, 2.45) is 0 Å². The Morgan fingerprint density at radius 3 is 2.73 bits per heavy atom. The Balaban J connectivity index is 1.56. The molecule has 8 heteroatoms. The minimum atomic E-state index is -1.61. The summed E-state index contributed by atoms with van der Waals surface area (Å²) in [6, 6.07) is 14.3. The van der Waals surface area contributed by atoms with Crippen LogP contribution in [-0.4, -0.2) is 21.2 Å². The number of pyridine rings is 1. The lowest BCUT2D eigenvalue weighted by Crippen LogP contribution is -2.16. The van der Waals surface area contributed by atoms with Gasteiger partial charge in [0.05, 0.1) is 11.3 Å². The van der Waals surface area contributed by atoms with Crippen LogP contribution in [0.2, 0.25) is 0 Å². The monoisotopic (exact) mass is 409 g/mol. The summed E-state index contributed by atoms with van der Waals surface area (Å²) in [5, 5.41) is 13.5. The number of nitrogens with one attached hydrogen (secondary N) is 2. The number of ether oxygens (including phenoxy) is 1. The van der Waals surface area contributed by atoms with Gasteiger partial charge in [0, 0.05) is 23.3 Å². The number of benzene rings is 2. The molecule has 2 heterocycles. The van der Waals surface area contributed by atoms with Crippen molar-refractivity contribution >= 4 is 22.8 Å². The lowest BCUT2D eigenvalue weighted by atomic mass is 10.00. The van der Waals surface area contributed by atoms with Crippen LogP contribution in [0.5, 0.6) is 0 Å². The van der Waals surface area contributed by atoms with Crippen molar-refractivity contribution in [2.45, 2.75) is 12.7 Å². The molecular formula is C22H17F2N3O3. The molecule has 0 aliphatic carbocycles. The zero-order valence-corrected chi connectivity index (χ0v) is 15.6. The first-order valence-corrected chi connectivity index (χ1v) is 9.10.